The summed E-state index contributed by atoms with van der Waals surface area (Å²) in [6.07, 6.45) is -4.54. The molecule has 0 saturated carbocycles. The Kier molecular flexibility index (Phi) is 4.68. The number of thioether (sulfide) groups is 1. The molecule has 0 saturated heterocycles. The predicted octanol–water partition coefficient (Wildman–Crippen LogP) is 4.63. The van der Waals surface area contributed by atoms with Crippen LogP contribution in [-0.2, 0) is 11.0 Å². The number of halogens is 3. The molecule has 4 aromatic rings. The maximum atomic E-state index is 13.1. The molecule has 0 aliphatic rings. The molecular formula is C19H13F3N4OS. The molecule has 0 aliphatic heterocycles. The molecule has 2 heterocycles. The number of amides is 1. The number of hydrogen-bond donors (Lipinski definition) is 1. The number of carbonyl (C=O) groups is 1. The molecule has 4 rings (SSSR count). The standard InChI is InChI=1S/C19H13F3N4OS/c20-19(21,22)13-6-2-3-7-14(13)23-17(27)11-28-18-25-24-16-10-9-12-5-1-4-8-15(12)26(16)18/h1-10H,11H2,(H,23,27). The van der Waals surface area contributed by atoms with Crippen LogP contribution in [0.4, 0.5) is 18.9 Å². The fourth-order valence-electron chi connectivity index (χ4n) is 2.86. The van der Waals surface area contributed by atoms with Crippen molar-refractivity contribution in [2.45, 2.75) is 11.3 Å². The summed E-state index contributed by atoms with van der Waals surface area (Å²) in [5, 5.41) is 12.0. The van der Waals surface area contributed by atoms with E-state index in [0.29, 0.717) is 10.8 Å². The summed E-state index contributed by atoms with van der Waals surface area (Å²) in [6, 6.07) is 16.3. The summed E-state index contributed by atoms with van der Waals surface area (Å²) in [4.78, 5) is 12.2. The van der Waals surface area contributed by atoms with Gasteiger partial charge in [-0.2, -0.15) is 13.2 Å². The molecule has 0 unspecified atom stereocenters. The minimum absolute atomic E-state index is 0.101. The van der Waals surface area contributed by atoms with Gasteiger partial charge in [-0.05, 0) is 35.7 Å². The number of pyridine rings is 1. The quantitative estimate of drug-likeness (QED) is 0.506. The van der Waals surface area contributed by atoms with E-state index in [0.717, 1.165) is 28.7 Å². The summed E-state index contributed by atoms with van der Waals surface area (Å²) in [7, 11) is 0. The van der Waals surface area contributed by atoms with E-state index in [9.17, 15) is 18.0 Å². The number of aromatic nitrogens is 3. The van der Waals surface area contributed by atoms with E-state index in [4.69, 9.17) is 0 Å². The Hall–Kier alpha value is -3.07. The fraction of sp³-hybridized carbons (Fsp3) is 0.105. The molecule has 0 fully saturated rings. The highest BCUT2D eigenvalue weighted by molar-refractivity contribution is 7.99. The van der Waals surface area contributed by atoms with Crippen molar-refractivity contribution in [3.05, 3.63) is 66.2 Å². The second-order valence-corrected chi connectivity index (χ2v) is 6.89. The first kappa shape index (κ1) is 18.3. The molecule has 0 radical (unpaired) electrons. The molecule has 5 nitrogen and oxygen atoms in total. The lowest BCUT2D eigenvalue weighted by atomic mass is 10.1. The van der Waals surface area contributed by atoms with Crippen LogP contribution < -0.4 is 5.32 Å². The van der Waals surface area contributed by atoms with Crippen LogP contribution in [0.3, 0.4) is 0 Å². The van der Waals surface area contributed by atoms with Crippen LogP contribution in [0.5, 0.6) is 0 Å². The van der Waals surface area contributed by atoms with Gasteiger partial charge >= 0.3 is 6.18 Å². The van der Waals surface area contributed by atoms with Crippen LogP contribution in [-0.4, -0.2) is 26.3 Å². The largest absolute Gasteiger partial charge is 0.418 e. The van der Waals surface area contributed by atoms with Gasteiger partial charge < -0.3 is 5.32 Å². The van der Waals surface area contributed by atoms with E-state index in [1.54, 1.807) is 0 Å². The van der Waals surface area contributed by atoms with Crippen LogP contribution in [0.25, 0.3) is 16.6 Å². The lowest BCUT2D eigenvalue weighted by Crippen LogP contribution is -2.18. The van der Waals surface area contributed by atoms with Gasteiger partial charge in [-0.15, -0.1) is 10.2 Å². The number of para-hydroxylation sites is 2. The second-order valence-electron chi connectivity index (χ2n) is 5.95. The summed E-state index contributed by atoms with van der Waals surface area (Å²) >= 11 is 1.11. The van der Waals surface area contributed by atoms with Crippen LogP contribution in [0.1, 0.15) is 5.56 Å². The first-order chi connectivity index (χ1) is 13.4. The third-order valence-electron chi connectivity index (χ3n) is 4.09. The van der Waals surface area contributed by atoms with Crippen molar-refractivity contribution >= 4 is 39.9 Å². The van der Waals surface area contributed by atoms with E-state index in [2.05, 4.69) is 15.5 Å². The van der Waals surface area contributed by atoms with Gasteiger partial charge in [-0.3, -0.25) is 9.20 Å². The van der Waals surface area contributed by atoms with Gasteiger partial charge in [0.25, 0.3) is 0 Å². The van der Waals surface area contributed by atoms with Crippen molar-refractivity contribution in [3.63, 3.8) is 0 Å². The third kappa shape index (κ3) is 3.53. The van der Waals surface area contributed by atoms with Gasteiger partial charge in [0.05, 0.1) is 22.5 Å². The maximum absolute atomic E-state index is 13.1. The highest BCUT2D eigenvalue weighted by Crippen LogP contribution is 2.34. The number of benzene rings is 2. The van der Waals surface area contributed by atoms with E-state index in [1.165, 1.54) is 18.2 Å². The number of nitrogens with zero attached hydrogens (tertiary/aromatic N) is 3. The lowest BCUT2D eigenvalue weighted by Gasteiger charge is -2.13. The normalized spacial score (nSPS) is 11.8. The van der Waals surface area contributed by atoms with Gasteiger partial charge in [-0.1, -0.05) is 42.1 Å². The SMILES string of the molecule is O=C(CSc1nnc2ccc3ccccc3n12)Nc1ccccc1C(F)(F)F. The summed E-state index contributed by atoms with van der Waals surface area (Å²) in [6.45, 7) is 0. The Morgan fingerprint density at radius 3 is 2.57 bits per heavy atom. The zero-order valence-electron chi connectivity index (χ0n) is 14.3. The minimum Gasteiger partial charge on any atom is -0.325 e. The molecule has 2 aromatic heterocycles. The number of anilines is 1. The van der Waals surface area contributed by atoms with E-state index in [1.807, 2.05) is 40.8 Å². The summed E-state index contributed by atoms with van der Waals surface area (Å²) < 4.78 is 41.0. The number of fused-ring (bicyclic) bond motifs is 3. The van der Waals surface area contributed by atoms with Crippen molar-refractivity contribution in [2.24, 2.45) is 0 Å². The Labute approximate surface area is 161 Å². The smallest absolute Gasteiger partial charge is 0.325 e. The zero-order valence-corrected chi connectivity index (χ0v) is 15.1. The summed E-state index contributed by atoms with van der Waals surface area (Å²) in [5.41, 5.74) is 0.365. The molecule has 1 amide bonds. The van der Waals surface area contributed by atoms with E-state index < -0.39 is 17.6 Å². The number of rotatable bonds is 4. The fourth-order valence-corrected chi connectivity index (χ4v) is 3.61. The Bertz CT molecular complexity index is 1170. The van der Waals surface area contributed by atoms with Crippen LogP contribution >= 0.6 is 11.8 Å². The van der Waals surface area contributed by atoms with Gasteiger partial charge in [0.15, 0.2) is 10.8 Å². The molecular weight excluding hydrogens is 389 g/mol. The lowest BCUT2D eigenvalue weighted by molar-refractivity contribution is -0.137. The van der Waals surface area contributed by atoms with Crippen molar-refractivity contribution in [1.29, 1.82) is 0 Å². The van der Waals surface area contributed by atoms with Crippen molar-refractivity contribution in [3.8, 4) is 0 Å². The van der Waals surface area contributed by atoms with Gasteiger partial charge in [-0.25, -0.2) is 0 Å². The van der Waals surface area contributed by atoms with Crippen molar-refractivity contribution in [1.82, 2.24) is 14.6 Å². The molecule has 142 valence electrons. The van der Waals surface area contributed by atoms with E-state index in [-0.39, 0.29) is 11.4 Å². The maximum Gasteiger partial charge on any atom is 0.418 e. The molecule has 0 bridgehead atoms. The number of carbonyl (C=O) groups excluding carboxylic acids is 1. The Balaban J connectivity index is 1.54. The van der Waals surface area contributed by atoms with Crippen molar-refractivity contribution in [2.75, 3.05) is 11.1 Å². The van der Waals surface area contributed by atoms with Crippen LogP contribution in [0.2, 0.25) is 0 Å². The molecule has 0 spiro atoms. The molecule has 28 heavy (non-hydrogen) atoms. The molecule has 9 heteroatoms. The number of nitrogens with one attached hydrogen (secondary N) is 1. The summed E-state index contributed by atoms with van der Waals surface area (Å²) in [5.74, 6) is -0.658. The highest BCUT2D eigenvalue weighted by Gasteiger charge is 2.33. The van der Waals surface area contributed by atoms with Gasteiger partial charge in [0.2, 0.25) is 5.91 Å². The van der Waals surface area contributed by atoms with Crippen LogP contribution in [0, 0.1) is 0 Å². The predicted molar refractivity (Wildman–Crippen MR) is 101 cm³/mol. The molecule has 1 N–H and O–H groups in total. The van der Waals surface area contributed by atoms with E-state index >= 15 is 0 Å². The number of alkyl halides is 3. The molecule has 0 atom stereocenters. The van der Waals surface area contributed by atoms with Gasteiger partial charge in [0.1, 0.15) is 0 Å². The molecule has 2 aromatic carbocycles. The second kappa shape index (κ2) is 7.16. The third-order valence-corrected chi connectivity index (χ3v) is 5.02. The average Bonchev–Trinajstić information content (AvgIpc) is 3.09. The average molecular weight is 402 g/mol. The van der Waals surface area contributed by atoms with Crippen molar-refractivity contribution < 1.29 is 18.0 Å². The zero-order chi connectivity index (χ0) is 19.7. The highest BCUT2D eigenvalue weighted by atomic mass is 32.2. The topological polar surface area (TPSA) is 59.3 Å². The number of hydrogen-bond acceptors (Lipinski definition) is 4. The Morgan fingerprint density at radius 2 is 1.75 bits per heavy atom. The Morgan fingerprint density at radius 1 is 1.00 bits per heavy atom. The van der Waals surface area contributed by atoms with Crippen LogP contribution in [0.15, 0.2) is 65.8 Å². The van der Waals surface area contributed by atoms with Gasteiger partial charge in [0, 0.05) is 0 Å². The first-order valence-corrected chi connectivity index (χ1v) is 9.24. The monoisotopic (exact) mass is 402 g/mol. The minimum atomic E-state index is -4.54. The molecule has 0 aliphatic carbocycles. The first-order valence-electron chi connectivity index (χ1n) is 8.25.